The molecule has 0 radical (unpaired) electrons. The highest BCUT2D eigenvalue weighted by Gasteiger charge is 2.28. The first kappa shape index (κ1) is 16.8. The first-order valence-corrected chi connectivity index (χ1v) is 9.51. The Bertz CT molecular complexity index is 983. The number of aromatic nitrogens is 3. The van der Waals surface area contributed by atoms with Crippen molar-refractivity contribution < 1.29 is 6.22 Å². The molecule has 26 heavy (non-hydrogen) atoms. The van der Waals surface area contributed by atoms with Crippen LogP contribution in [-0.2, 0) is 4.79 Å². The van der Waals surface area contributed by atoms with Crippen LogP contribution in [0.2, 0.25) is 0 Å². The SMILES string of the molecule is CC1CCCC(n2ccc3cnc4[nH]ccc4c32)CCC1C(=O)CC#N.[HH]. The molecule has 3 heterocycles. The molecule has 5 nitrogen and oxygen atoms in total. The van der Waals surface area contributed by atoms with Crippen LogP contribution in [0.5, 0.6) is 0 Å². The highest BCUT2D eigenvalue weighted by atomic mass is 16.1. The van der Waals surface area contributed by atoms with Crippen LogP contribution in [0.15, 0.2) is 30.7 Å². The van der Waals surface area contributed by atoms with Crippen LogP contribution >= 0.6 is 0 Å². The fourth-order valence-corrected chi connectivity index (χ4v) is 4.60. The number of rotatable bonds is 3. The molecule has 1 fully saturated rings. The molecule has 0 bridgehead atoms. The number of nitrogens with zero attached hydrogens (tertiary/aromatic N) is 3. The fraction of sp³-hybridized carbons (Fsp3) is 0.476. The van der Waals surface area contributed by atoms with Gasteiger partial charge in [-0.25, -0.2) is 4.98 Å². The van der Waals surface area contributed by atoms with Gasteiger partial charge in [-0.05, 0) is 43.7 Å². The molecule has 3 aromatic rings. The molecule has 1 N–H and O–H groups in total. The number of nitriles is 1. The van der Waals surface area contributed by atoms with E-state index in [0.29, 0.717) is 12.0 Å². The van der Waals surface area contributed by atoms with Crippen molar-refractivity contribution in [1.82, 2.24) is 14.5 Å². The average Bonchev–Trinajstić information content (AvgIpc) is 3.24. The smallest absolute Gasteiger partial charge is 0.150 e. The topological polar surface area (TPSA) is 74.5 Å². The number of nitrogens with one attached hydrogen (secondary N) is 1. The van der Waals surface area contributed by atoms with E-state index in [-0.39, 0.29) is 19.5 Å². The Kier molecular flexibility index (Phi) is 4.50. The lowest BCUT2D eigenvalue weighted by atomic mass is 9.78. The van der Waals surface area contributed by atoms with Crippen LogP contribution in [0, 0.1) is 23.2 Å². The third-order valence-corrected chi connectivity index (χ3v) is 6.01. The highest BCUT2D eigenvalue weighted by molar-refractivity contribution is 6.02. The number of hydrogen-bond donors (Lipinski definition) is 1. The Morgan fingerprint density at radius 1 is 1.38 bits per heavy atom. The predicted octanol–water partition coefficient (Wildman–Crippen LogP) is 5.00. The molecule has 3 atom stereocenters. The summed E-state index contributed by atoms with van der Waals surface area (Å²) in [5.74, 6) is 0.516. The van der Waals surface area contributed by atoms with Gasteiger partial charge in [-0.1, -0.05) is 13.3 Å². The number of fused-ring (bicyclic) bond motifs is 3. The van der Waals surface area contributed by atoms with Crippen molar-refractivity contribution >= 4 is 27.7 Å². The monoisotopic (exact) mass is 350 g/mol. The van der Waals surface area contributed by atoms with E-state index in [1.807, 2.05) is 18.5 Å². The number of pyridine rings is 1. The number of carbonyl (C=O) groups is 1. The van der Waals surface area contributed by atoms with E-state index in [4.69, 9.17) is 5.26 Å². The highest BCUT2D eigenvalue weighted by Crippen LogP contribution is 2.36. The number of H-pyrrole nitrogens is 1. The molecule has 0 aliphatic heterocycles. The molecular weight excluding hydrogens is 324 g/mol. The average molecular weight is 350 g/mol. The Hall–Kier alpha value is -2.61. The summed E-state index contributed by atoms with van der Waals surface area (Å²) >= 11 is 0. The van der Waals surface area contributed by atoms with Gasteiger partial charge in [0.25, 0.3) is 0 Å². The van der Waals surface area contributed by atoms with E-state index in [0.717, 1.165) is 48.5 Å². The summed E-state index contributed by atoms with van der Waals surface area (Å²) in [7, 11) is 0. The normalized spacial score (nSPS) is 24.2. The second kappa shape index (κ2) is 6.95. The van der Waals surface area contributed by atoms with Crippen LogP contribution in [0.4, 0.5) is 0 Å². The van der Waals surface area contributed by atoms with Crippen molar-refractivity contribution in [1.29, 1.82) is 5.26 Å². The van der Waals surface area contributed by atoms with E-state index in [1.165, 1.54) is 5.52 Å². The van der Waals surface area contributed by atoms with E-state index in [9.17, 15) is 4.79 Å². The summed E-state index contributed by atoms with van der Waals surface area (Å²) in [5, 5.41) is 11.2. The quantitative estimate of drug-likeness (QED) is 0.722. The van der Waals surface area contributed by atoms with Crippen molar-refractivity contribution in [2.24, 2.45) is 11.8 Å². The van der Waals surface area contributed by atoms with E-state index in [1.54, 1.807) is 0 Å². The second-order valence-electron chi connectivity index (χ2n) is 7.57. The minimum absolute atomic E-state index is 0. The molecule has 5 heteroatoms. The number of carbonyl (C=O) groups excluding carboxylic acids is 1. The molecule has 136 valence electrons. The molecule has 3 unspecified atom stereocenters. The van der Waals surface area contributed by atoms with Crippen LogP contribution in [0.3, 0.4) is 0 Å². The summed E-state index contributed by atoms with van der Waals surface area (Å²) in [6.45, 7) is 2.17. The first-order valence-electron chi connectivity index (χ1n) is 9.51. The van der Waals surface area contributed by atoms with Crippen LogP contribution in [0.1, 0.15) is 52.9 Å². The summed E-state index contributed by atoms with van der Waals surface area (Å²) < 4.78 is 2.38. The summed E-state index contributed by atoms with van der Waals surface area (Å²) in [4.78, 5) is 20.1. The molecule has 1 aliphatic carbocycles. The molecule has 1 saturated carbocycles. The zero-order valence-corrected chi connectivity index (χ0v) is 15.1. The van der Waals surface area contributed by atoms with Gasteiger partial charge in [0, 0.05) is 42.7 Å². The number of Topliss-reactive ketones (excluding diaryl/α,β-unsaturated/α-hetero) is 1. The van der Waals surface area contributed by atoms with Gasteiger partial charge in [-0.3, -0.25) is 4.79 Å². The van der Waals surface area contributed by atoms with Gasteiger partial charge in [0.1, 0.15) is 11.4 Å². The van der Waals surface area contributed by atoms with Gasteiger partial charge in [0.2, 0.25) is 0 Å². The lowest BCUT2D eigenvalue weighted by molar-refractivity contribution is -0.124. The van der Waals surface area contributed by atoms with Crippen molar-refractivity contribution in [3.63, 3.8) is 0 Å². The predicted molar refractivity (Wildman–Crippen MR) is 104 cm³/mol. The molecule has 0 amide bonds. The molecule has 3 aromatic heterocycles. The van der Waals surface area contributed by atoms with Gasteiger partial charge in [0.15, 0.2) is 0 Å². The molecule has 0 saturated heterocycles. The zero-order valence-electron chi connectivity index (χ0n) is 15.1. The van der Waals surface area contributed by atoms with Crippen molar-refractivity contribution in [2.75, 3.05) is 0 Å². The maximum absolute atomic E-state index is 12.4. The largest absolute Gasteiger partial charge is 0.346 e. The third kappa shape index (κ3) is 2.90. The second-order valence-corrected chi connectivity index (χ2v) is 7.57. The van der Waals surface area contributed by atoms with Gasteiger partial charge >= 0.3 is 0 Å². The molecule has 0 spiro atoms. The van der Waals surface area contributed by atoms with E-state index < -0.39 is 0 Å². The minimum atomic E-state index is 0. The standard InChI is InChI=1S/C21H24N4O.H2/c1-14-3-2-4-16(5-6-17(14)19(26)7-10-22)25-12-9-15-13-24-21-18(20(15)25)8-11-23-21;/h8-9,11-14,16-17H,2-7H2,1H3,(H,23,24);1H. The molecule has 4 rings (SSSR count). The van der Waals surface area contributed by atoms with Gasteiger partial charge in [-0.2, -0.15) is 5.26 Å². The third-order valence-electron chi connectivity index (χ3n) is 6.01. The van der Waals surface area contributed by atoms with Crippen LogP contribution in [-0.4, -0.2) is 20.3 Å². The fourth-order valence-electron chi connectivity index (χ4n) is 4.60. The van der Waals surface area contributed by atoms with Gasteiger partial charge < -0.3 is 9.55 Å². The van der Waals surface area contributed by atoms with Crippen molar-refractivity contribution in [3.8, 4) is 6.07 Å². The maximum Gasteiger partial charge on any atom is 0.150 e. The molecular formula is C21H26N4O. The van der Waals surface area contributed by atoms with Gasteiger partial charge in [-0.15, -0.1) is 0 Å². The maximum atomic E-state index is 12.4. The summed E-state index contributed by atoms with van der Waals surface area (Å²) in [6.07, 6.45) is 11.2. The Labute approximate surface area is 154 Å². The van der Waals surface area contributed by atoms with Crippen molar-refractivity contribution in [2.45, 2.75) is 51.5 Å². The molecule has 1 aliphatic rings. The first-order chi connectivity index (χ1) is 12.7. The van der Waals surface area contributed by atoms with Crippen LogP contribution < -0.4 is 0 Å². The molecule has 0 aromatic carbocycles. The summed E-state index contributed by atoms with van der Waals surface area (Å²) in [5.41, 5.74) is 2.15. The number of ketones is 1. The van der Waals surface area contributed by atoms with Crippen LogP contribution in [0.25, 0.3) is 21.9 Å². The summed E-state index contributed by atoms with van der Waals surface area (Å²) in [6, 6.07) is 6.65. The lowest BCUT2D eigenvalue weighted by Crippen LogP contribution is -2.25. The minimum Gasteiger partial charge on any atom is -0.346 e. The Morgan fingerprint density at radius 2 is 2.27 bits per heavy atom. The Balaban J connectivity index is 0.00000210. The lowest BCUT2D eigenvalue weighted by Gasteiger charge is -2.30. The number of hydrogen-bond acceptors (Lipinski definition) is 3. The van der Waals surface area contributed by atoms with E-state index in [2.05, 4.69) is 39.8 Å². The van der Waals surface area contributed by atoms with Crippen molar-refractivity contribution in [3.05, 3.63) is 30.7 Å². The number of aromatic amines is 1. The van der Waals surface area contributed by atoms with E-state index >= 15 is 0 Å². The Morgan fingerprint density at radius 3 is 3.12 bits per heavy atom. The van der Waals surface area contributed by atoms with Gasteiger partial charge in [0.05, 0.1) is 18.0 Å². The zero-order chi connectivity index (χ0) is 18.1.